The summed E-state index contributed by atoms with van der Waals surface area (Å²) in [6.07, 6.45) is 4.53. The van der Waals surface area contributed by atoms with E-state index in [2.05, 4.69) is 6.58 Å². The van der Waals surface area contributed by atoms with Crippen molar-refractivity contribution in [2.45, 2.75) is 0 Å². The topological polar surface area (TPSA) is 30.2 Å². The van der Waals surface area contributed by atoms with Gasteiger partial charge in [0.1, 0.15) is 0 Å². The van der Waals surface area contributed by atoms with E-state index in [1.165, 1.54) is 6.08 Å². The monoisotopic (exact) mass is 198 g/mol. The van der Waals surface area contributed by atoms with Crippen molar-refractivity contribution in [1.82, 2.24) is 0 Å². The molecule has 0 aliphatic rings. The Labute approximate surface area is 87.8 Å². The number of carbonyl (C=O) groups is 1. The van der Waals surface area contributed by atoms with Crippen LogP contribution in [0.4, 0.5) is 0 Å². The molecule has 0 fully saturated rings. The van der Waals surface area contributed by atoms with Crippen molar-refractivity contribution in [3.8, 4) is 11.1 Å². The van der Waals surface area contributed by atoms with Crippen LogP contribution in [0.3, 0.4) is 0 Å². The first-order valence-corrected chi connectivity index (χ1v) is 4.61. The smallest absolute Gasteiger partial charge is 0.185 e. The quantitative estimate of drug-likeness (QED) is 0.559. The van der Waals surface area contributed by atoms with E-state index in [1.54, 1.807) is 18.6 Å². The Morgan fingerprint density at radius 1 is 1.27 bits per heavy atom. The van der Waals surface area contributed by atoms with Gasteiger partial charge in [-0.2, -0.15) is 0 Å². The highest BCUT2D eigenvalue weighted by atomic mass is 16.3. The van der Waals surface area contributed by atoms with Crippen LogP contribution in [0.2, 0.25) is 0 Å². The molecule has 0 N–H and O–H groups in total. The lowest BCUT2D eigenvalue weighted by atomic mass is 9.99. The second kappa shape index (κ2) is 3.96. The molecule has 1 aromatic heterocycles. The van der Waals surface area contributed by atoms with Gasteiger partial charge in [0.15, 0.2) is 5.78 Å². The van der Waals surface area contributed by atoms with E-state index >= 15 is 0 Å². The number of benzene rings is 1. The average Bonchev–Trinajstić information content (AvgIpc) is 2.81. The molecule has 74 valence electrons. The molecular weight excluding hydrogens is 188 g/mol. The Kier molecular flexibility index (Phi) is 2.50. The largest absolute Gasteiger partial charge is 0.472 e. The zero-order valence-electron chi connectivity index (χ0n) is 8.14. The fourth-order valence-electron chi connectivity index (χ4n) is 1.48. The average molecular weight is 198 g/mol. The van der Waals surface area contributed by atoms with Crippen molar-refractivity contribution in [1.29, 1.82) is 0 Å². The summed E-state index contributed by atoms with van der Waals surface area (Å²) in [5.74, 6) is -0.0770. The van der Waals surface area contributed by atoms with Crippen molar-refractivity contribution < 1.29 is 9.21 Å². The number of rotatable bonds is 3. The van der Waals surface area contributed by atoms with E-state index < -0.39 is 0 Å². The van der Waals surface area contributed by atoms with Crippen molar-refractivity contribution >= 4 is 5.78 Å². The highest BCUT2D eigenvalue weighted by molar-refractivity contribution is 6.08. The normalized spacial score (nSPS) is 9.87. The Morgan fingerprint density at radius 3 is 2.73 bits per heavy atom. The molecule has 0 amide bonds. The van der Waals surface area contributed by atoms with Crippen LogP contribution in [0.1, 0.15) is 10.4 Å². The lowest BCUT2D eigenvalue weighted by Gasteiger charge is -2.03. The van der Waals surface area contributed by atoms with Crippen LogP contribution in [0.5, 0.6) is 0 Å². The molecule has 2 heteroatoms. The summed E-state index contributed by atoms with van der Waals surface area (Å²) in [6, 6.07) is 9.23. The first-order valence-electron chi connectivity index (χ1n) is 4.61. The number of carbonyl (C=O) groups excluding carboxylic acids is 1. The van der Waals surface area contributed by atoms with Crippen molar-refractivity contribution in [2.24, 2.45) is 0 Å². The zero-order chi connectivity index (χ0) is 10.7. The van der Waals surface area contributed by atoms with Gasteiger partial charge >= 0.3 is 0 Å². The molecule has 0 saturated heterocycles. The highest BCUT2D eigenvalue weighted by Crippen LogP contribution is 2.24. The molecular formula is C13H10O2. The van der Waals surface area contributed by atoms with Gasteiger partial charge in [-0.3, -0.25) is 4.79 Å². The van der Waals surface area contributed by atoms with Crippen LogP contribution in [0.15, 0.2) is 59.9 Å². The molecule has 2 nitrogen and oxygen atoms in total. The third-order valence-corrected chi connectivity index (χ3v) is 2.21. The first kappa shape index (κ1) is 9.46. The minimum absolute atomic E-state index is 0.0770. The summed E-state index contributed by atoms with van der Waals surface area (Å²) in [4.78, 5) is 11.6. The van der Waals surface area contributed by atoms with Crippen LogP contribution in [0, 0.1) is 0 Å². The second-order valence-corrected chi connectivity index (χ2v) is 3.13. The summed E-state index contributed by atoms with van der Waals surface area (Å²) in [7, 11) is 0. The van der Waals surface area contributed by atoms with E-state index in [-0.39, 0.29) is 5.78 Å². The van der Waals surface area contributed by atoms with Gasteiger partial charge in [0.2, 0.25) is 0 Å². The molecule has 2 aromatic rings. The predicted molar refractivity (Wildman–Crippen MR) is 58.7 cm³/mol. The maximum Gasteiger partial charge on any atom is 0.185 e. The van der Waals surface area contributed by atoms with Crippen LogP contribution < -0.4 is 0 Å². The fourth-order valence-corrected chi connectivity index (χ4v) is 1.48. The van der Waals surface area contributed by atoms with E-state index in [0.29, 0.717) is 5.56 Å². The predicted octanol–water partition coefficient (Wildman–Crippen LogP) is 3.32. The maximum absolute atomic E-state index is 11.6. The number of furan rings is 1. The van der Waals surface area contributed by atoms with Crippen LogP contribution >= 0.6 is 0 Å². The number of allylic oxidation sites excluding steroid dienone is 1. The molecule has 0 atom stereocenters. The summed E-state index contributed by atoms with van der Waals surface area (Å²) < 4.78 is 5.00. The van der Waals surface area contributed by atoms with Gasteiger partial charge in [0.25, 0.3) is 0 Å². The molecule has 0 unspecified atom stereocenters. The lowest BCUT2D eigenvalue weighted by Crippen LogP contribution is -1.96. The van der Waals surface area contributed by atoms with Gasteiger partial charge in [0.05, 0.1) is 12.5 Å². The molecule has 0 aliphatic carbocycles. The third kappa shape index (κ3) is 1.74. The van der Waals surface area contributed by atoms with Gasteiger partial charge < -0.3 is 4.42 Å². The van der Waals surface area contributed by atoms with Crippen molar-refractivity contribution in [3.05, 3.63) is 61.1 Å². The molecule has 0 aliphatic heterocycles. The molecule has 0 bridgehead atoms. The lowest BCUT2D eigenvalue weighted by molar-refractivity contribution is 0.104. The highest BCUT2D eigenvalue weighted by Gasteiger charge is 2.09. The van der Waals surface area contributed by atoms with Crippen LogP contribution in [0.25, 0.3) is 11.1 Å². The molecule has 15 heavy (non-hydrogen) atoms. The van der Waals surface area contributed by atoms with Crippen LogP contribution in [-0.2, 0) is 0 Å². The molecule has 2 rings (SSSR count). The van der Waals surface area contributed by atoms with Gasteiger partial charge in [-0.1, -0.05) is 30.8 Å². The molecule has 1 heterocycles. The number of ketones is 1. The van der Waals surface area contributed by atoms with E-state index in [4.69, 9.17) is 4.42 Å². The molecule has 0 radical (unpaired) electrons. The maximum atomic E-state index is 11.6. The number of hydrogen-bond acceptors (Lipinski definition) is 2. The van der Waals surface area contributed by atoms with Crippen molar-refractivity contribution in [3.63, 3.8) is 0 Å². The van der Waals surface area contributed by atoms with Gasteiger partial charge in [-0.25, -0.2) is 0 Å². The summed E-state index contributed by atoms with van der Waals surface area (Å²) in [6.45, 7) is 3.49. The fraction of sp³-hybridized carbons (Fsp3) is 0. The molecule has 1 aromatic carbocycles. The second-order valence-electron chi connectivity index (χ2n) is 3.13. The summed E-state index contributed by atoms with van der Waals surface area (Å²) in [5, 5.41) is 0. The molecule has 0 spiro atoms. The Balaban J connectivity index is 2.57. The van der Waals surface area contributed by atoms with Gasteiger partial charge in [-0.15, -0.1) is 0 Å². The molecule has 0 saturated carbocycles. The van der Waals surface area contributed by atoms with Gasteiger partial charge in [-0.05, 0) is 17.7 Å². The number of hydrogen-bond donors (Lipinski definition) is 0. The standard InChI is InChI=1S/C13H10O2/c1-2-13(14)12-6-4-3-5-11(12)10-7-8-15-9-10/h2-9H,1H2. The van der Waals surface area contributed by atoms with Crippen LogP contribution in [-0.4, -0.2) is 5.78 Å². The Bertz CT molecular complexity index is 481. The third-order valence-electron chi connectivity index (χ3n) is 2.21. The Hall–Kier alpha value is -2.09. The van der Waals surface area contributed by atoms with E-state index in [9.17, 15) is 4.79 Å². The Morgan fingerprint density at radius 2 is 2.07 bits per heavy atom. The zero-order valence-corrected chi connectivity index (χ0v) is 8.14. The SMILES string of the molecule is C=CC(=O)c1ccccc1-c1ccoc1. The first-order chi connectivity index (χ1) is 7.33. The minimum atomic E-state index is -0.0770. The van der Waals surface area contributed by atoms with Gasteiger partial charge in [0, 0.05) is 11.1 Å². The minimum Gasteiger partial charge on any atom is -0.472 e. The summed E-state index contributed by atoms with van der Waals surface area (Å²) >= 11 is 0. The van der Waals surface area contributed by atoms with Crippen molar-refractivity contribution in [2.75, 3.05) is 0 Å². The summed E-state index contributed by atoms with van der Waals surface area (Å²) in [5.41, 5.74) is 2.42. The van der Waals surface area contributed by atoms with E-state index in [1.807, 2.05) is 24.3 Å². The van der Waals surface area contributed by atoms with E-state index in [0.717, 1.165) is 11.1 Å².